The molecule has 16 atom stereocenters. The van der Waals surface area contributed by atoms with Crippen LogP contribution in [0, 0.1) is 23.7 Å². The first kappa shape index (κ1) is 53.6. The number of carbonyl (C=O) groups is 3. The maximum absolute atomic E-state index is 14.2. The van der Waals surface area contributed by atoms with E-state index in [0.717, 1.165) is 5.56 Å². The highest BCUT2D eigenvalue weighted by Gasteiger charge is 2.59. The Morgan fingerprint density at radius 2 is 1.23 bits per heavy atom. The molecule has 17 nitrogen and oxygen atoms in total. The number of ether oxygens (including phenoxy) is 11. The summed E-state index contributed by atoms with van der Waals surface area (Å²) in [6.07, 6.45) is -9.28. The van der Waals surface area contributed by atoms with Crippen LogP contribution in [0.25, 0.3) is 10.4 Å². The van der Waals surface area contributed by atoms with Crippen LogP contribution in [0.2, 0.25) is 0 Å². The van der Waals surface area contributed by atoms with Crippen molar-refractivity contribution in [3.63, 3.8) is 0 Å². The molecule has 0 aliphatic carbocycles. The molecule has 4 aliphatic rings. The number of azide groups is 1. The highest BCUT2D eigenvalue weighted by Crippen LogP contribution is 2.43. The van der Waals surface area contributed by atoms with Crippen molar-refractivity contribution in [3.05, 3.63) is 154 Å². The van der Waals surface area contributed by atoms with E-state index in [1.54, 1.807) is 84.9 Å². The summed E-state index contributed by atoms with van der Waals surface area (Å²) in [7, 11) is 0. The van der Waals surface area contributed by atoms with Crippen LogP contribution in [0.15, 0.2) is 126 Å². The highest BCUT2D eigenvalue weighted by atomic mass is 16.8. The number of nitrogens with zero attached hydrogens (tertiary/aromatic N) is 3. The highest BCUT2D eigenvalue weighted by molar-refractivity contribution is 5.90. The van der Waals surface area contributed by atoms with Crippen LogP contribution in [0.1, 0.15) is 103 Å². The molecule has 73 heavy (non-hydrogen) atoms. The summed E-state index contributed by atoms with van der Waals surface area (Å²) >= 11 is 0. The van der Waals surface area contributed by atoms with Gasteiger partial charge in [-0.3, -0.25) is 0 Å². The average molecular weight is 1010 g/mol. The SMILES string of the molecule is CC[C@@H](C)[C@@H]1O[C@@H](O[C@@H]2C(O[C@H]3OC(COC(=O)c4ccccc4)[C@H](C)[C@H](C)C3C)[C@@H](OCCCCCN=[N+]=[N-])OC3COC(c4ccccc4)O[C@@H]32)[C@@H](OC(=O)c2ccccc2)C1OC(=O)c1ccccc1. The number of esters is 3. The Bertz CT molecular complexity index is 2420. The molecule has 17 heteroatoms. The van der Waals surface area contributed by atoms with Gasteiger partial charge in [0.15, 0.2) is 37.4 Å². The molecule has 6 unspecified atom stereocenters. The van der Waals surface area contributed by atoms with Crippen molar-refractivity contribution in [2.24, 2.45) is 28.8 Å². The predicted molar refractivity (Wildman–Crippen MR) is 265 cm³/mol. The summed E-state index contributed by atoms with van der Waals surface area (Å²) in [6, 6.07) is 35.4. The average Bonchev–Trinajstić information content (AvgIpc) is 3.76. The molecule has 4 fully saturated rings. The second kappa shape index (κ2) is 26.0. The molecule has 4 aromatic rings. The standard InChI is InChI=1S/C56H67N3O14/c1-6-34(2)44-46(68-51(61)39-24-14-8-15-25-39)49(69-52(62)40-26-16-9-17-27-40)56(70-44)72-47-45-43(33-65-54(71-45)41-28-18-10-19-29-41)67-55(63-31-21-11-20-30-58-59-57)48(47)73-53-37(5)35(3)36(4)42(66-53)32-64-50(60)38-22-12-7-13-23-38/h7-10,12-19,22-29,34-37,42-49,53-56H,6,11,20-21,30-33H2,1-5H3/t34-,35+,36-,37?,42?,43?,44+,45+,46?,47+,48?,49+,53-,54?,55+,56+/m1/s1. The molecule has 0 aromatic heterocycles. The zero-order chi connectivity index (χ0) is 51.3. The van der Waals surface area contributed by atoms with Gasteiger partial charge in [0.25, 0.3) is 0 Å². The Labute approximate surface area is 426 Å². The lowest BCUT2D eigenvalue weighted by Crippen LogP contribution is -2.66. The molecule has 390 valence electrons. The molecule has 4 aliphatic heterocycles. The fourth-order valence-corrected chi connectivity index (χ4v) is 9.66. The van der Waals surface area contributed by atoms with Crippen molar-refractivity contribution in [1.29, 1.82) is 0 Å². The van der Waals surface area contributed by atoms with Crippen molar-refractivity contribution in [2.45, 2.75) is 134 Å². The fraction of sp³-hybridized carbons (Fsp3) is 0.518. The van der Waals surface area contributed by atoms with Gasteiger partial charge in [0.2, 0.25) is 0 Å². The Hall–Kier alpha value is -5.72. The summed E-state index contributed by atoms with van der Waals surface area (Å²) in [5.74, 6) is -2.21. The monoisotopic (exact) mass is 1010 g/mol. The topological polar surface area (TPSA) is 201 Å². The van der Waals surface area contributed by atoms with Gasteiger partial charge in [-0.15, -0.1) is 0 Å². The Kier molecular flexibility index (Phi) is 19.1. The molecule has 0 saturated carbocycles. The Morgan fingerprint density at radius 1 is 0.644 bits per heavy atom. The van der Waals surface area contributed by atoms with E-state index in [4.69, 9.17) is 57.6 Å². The number of benzene rings is 4. The van der Waals surface area contributed by atoms with Gasteiger partial charge in [0, 0.05) is 29.5 Å². The van der Waals surface area contributed by atoms with Crippen LogP contribution in [0.4, 0.5) is 0 Å². The maximum atomic E-state index is 14.2. The van der Waals surface area contributed by atoms with E-state index < -0.39 is 91.9 Å². The van der Waals surface area contributed by atoms with E-state index in [0.29, 0.717) is 43.4 Å². The Morgan fingerprint density at radius 3 is 1.85 bits per heavy atom. The third kappa shape index (κ3) is 13.3. The van der Waals surface area contributed by atoms with Crippen LogP contribution in [0.3, 0.4) is 0 Å². The predicted octanol–water partition coefficient (Wildman–Crippen LogP) is 9.81. The van der Waals surface area contributed by atoms with Crippen molar-refractivity contribution >= 4 is 17.9 Å². The molecule has 4 saturated heterocycles. The molecule has 0 spiro atoms. The van der Waals surface area contributed by atoms with E-state index in [1.165, 1.54) is 0 Å². The lowest BCUT2D eigenvalue weighted by atomic mass is 9.79. The summed E-state index contributed by atoms with van der Waals surface area (Å²) in [4.78, 5) is 44.2. The Balaban J connectivity index is 1.16. The molecule has 0 bridgehead atoms. The van der Waals surface area contributed by atoms with Gasteiger partial charge in [-0.05, 0) is 72.5 Å². The van der Waals surface area contributed by atoms with Gasteiger partial charge in [-0.2, -0.15) is 0 Å². The number of hydrogen-bond acceptors (Lipinski definition) is 15. The largest absolute Gasteiger partial charge is 0.459 e. The van der Waals surface area contributed by atoms with Crippen LogP contribution in [0.5, 0.6) is 0 Å². The lowest BCUT2D eigenvalue weighted by Gasteiger charge is -2.51. The molecule has 4 heterocycles. The number of hydrogen-bond donors (Lipinski definition) is 0. The molecule has 8 rings (SSSR count). The number of fused-ring (bicyclic) bond motifs is 1. The third-order valence-electron chi connectivity index (χ3n) is 14.5. The van der Waals surface area contributed by atoms with Crippen LogP contribution in [-0.4, -0.2) is 112 Å². The van der Waals surface area contributed by atoms with E-state index in [-0.39, 0.29) is 49.1 Å². The van der Waals surface area contributed by atoms with Crippen molar-refractivity contribution in [2.75, 3.05) is 26.4 Å². The van der Waals surface area contributed by atoms with Gasteiger partial charge < -0.3 is 52.1 Å². The summed E-state index contributed by atoms with van der Waals surface area (Å²) in [6.45, 7) is 10.8. The minimum Gasteiger partial charge on any atom is -0.459 e. The minimum absolute atomic E-state index is 0.0179. The van der Waals surface area contributed by atoms with E-state index in [1.807, 2.05) is 57.2 Å². The number of rotatable bonds is 21. The van der Waals surface area contributed by atoms with Crippen LogP contribution < -0.4 is 0 Å². The molecular weight excluding hydrogens is 939 g/mol. The first-order chi connectivity index (χ1) is 35.5. The van der Waals surface area contributed by atoms with Crippen LogP contribution >= 0.6 is 0 Å². The van der Waals surface area contributed by atoms with Gasteiger partial charge in [0.1, 0.15) is 37.1 Å². The zero-order valence-corrected chi connectivity index (χ0v) is 42.0. The smallest absolute Gasteiger partial charge is 0.338 e. The number of unbranched alkanes of at least 4 members (excludes halogenated alkanes) is 2. The van der Waals surface area contributed by atoms with E-state index in [2.05, 4.69) is 23.9 Å². The molecule has 0 radical (unpaired) electrons. The second-order valence-electron chi connectivity index (χ2n) is 19.2. The zero-order valence-electron chi connectivity index (χ0n) is 42.0. The van der Waals surface area contributed by atoms with Gasteiger partial charge in [-0.25, -0.2) is 14.4 Å². The van der Waals surface area contributed by atoms with Gasteiger partial charge in [0.05, 0.1) is 29.4 Å². The molecular formula is C56H67N3O14. The summed E-state index contributed by atoms with van der Waals surface area (Å²) in [5, 5.41) is 3.67. The lowest BCUT2D eigenvalue weighted by molar-refractivity contribution is -0.401. The first-order valence-corrected chi connectivity index (χ1v) is 25.5. The quantitative estimate of drug-likeness (QED) is 0.0191. The van der Waals surface area contributed by atoms with Crippen molar-refractivity contribution < 1.29 is 66.5 Å². The normalized spacial score (nSPS) is 31.3. The molecule has 0 N–H and O–H groups in total. The van der Waals surface area contributed by atoms with E-state index in [9.17, 15) is 14.4 Å². The van der Waals surface area contributed by atoms with E-state index >= 15 is 0 Å². The number of carbonyl (C=O) groups excluding carboxylic acids is 3. The third-order valence-corrected chi connectivity index (χ3v) is 14.5. The molecule has 4 aromatic carbocycles. The first-order valence-electron chi connectivity index (χ1n) is 25.5. The maximum Gasteiger partial charge on any atom is 0.338 e. The summed E-state index contributed by atoms with van der Waals surface area (Å²) in [5.41, 5.74) is 10.6. The van der Waals surface area contributed by atoms with Crippen molar-refractivity contribution in [1.82, 2.24) is 0 Å². The second-order valence-corrected chi connectivity index (χ2v) is 19.2. The van der Waals surface area contributed by atoms with Crippen LogP contribution in [-0.2, 0) is 52.1 Å². The molecule has 0 amide bonds. The van der Waals surface area contributed by atoms with Gasteiger partial charge in [-0.1, -0.05) is 138 Å². The van der Waals surface area contributed by atoms with Crippen molar-refractivity contribution in [3.8, 4) is 0 Å². The summed E-state index contributed by atoms with van der Waals surface area (Å²) < 4.78 is 73.3. The fourth-order valence-electron chi connectivity index (χ4n) is 9.66. The minimum atomic E-state index is -1.35. The van der Waals surface area contributed by atoms with Gasteiger partial charge >= 0.3 is 17.9 Å².